The van der Waals surface area contributed by atoms with Crippen LogP contribution in [0.15, 0.2) is 54.6 Å². The van der Waals surface area contributed by atoms with E-state index in [4.69, 9.17) is 5.11 Å². The fraction of sp³-hybridized carbons (Fsp3) is 0.333. The van der Waals surface area contributed by atoms with Crippen LogP contribution < -0.4 is 10.6 Å². The first kappa shape index (κ1) is 18.0. The number of hydrogen-bond acceptors (Lipinski definition) is 2. The second-order valence-electron chi connectivity index (χ2n) is 6.90. The SMILES string of the molecule is O=C(NCC1(c2ccccc2)CCCCC1)Nc1ccc(C(=O)O)cc1. The molecule has 0 aromatic heterocycles. The molecule has 2 aromatic rings. The summed E-state index contributed by atoms with van der Waals surface area (Å²) in [5, 5.41) is 14.7. The van der Waals surface area contributed by atoms with Crippen molar-refractivity contribution in [3.05, 3.63) is 65.7 Å². The summed E-state index contributed by atoms with van der Waals surface area (Å²) in [5.74, 6) is -0.983. The molecule has 0 spiro atoms. The van der Waals surface area contributed by atoms with Gasteiger partial charge in [0.05, 0.1) is 5.56 Å². The molecule has 0 aliphatic heterocycles. The van der Waals surface area contributed by atoms with E-state index in [0.717, 1.165) is 12.8 Å². The van der Waals surface area contributed by atoms with Crippen LogP contribution in [0.25, 0.3) is 0 Å². The van der Waals surface area contributed by atoms with Gasteiger partial charge in [0.25, 0.3) is 0 Å². The van der Waals surface area contributed by atoms with Crippen LogP contribution in [0.4, 0.5) is 10.5 Å². The Hall–Kier alpha value is -2.82. The first-order valence-corrected chi connectivity index (χ1v) is 9.03. The summed E-state index contributed by atoms with van der Waals surface area (Å²) in [6, 6.07) is 16.3. The third-order valence-corrected chi connectivity index (χ3v) is 5.17. The Kier molecular flexibility index (Phi) is 5.56. The van der Waals surface area contributed by atoms with E-state index in [-0.39, 0.29) is 17.0 Å². The zero-order chi connectivity index (χ0) is 18.4. The van der Waals surface area contributed by atoms with Crippen LogP contribution in [0.2, 0.25) is 0 Å². The number of carbonyl (C=O) groups excluding carboxylic acids is 1. The highest BCUT2D eigenvalue weighted by molar-refractivity contribution is 5.91. The van der Waals surface area contributed by atoms with Gasteiger partial charge in [0, 0.05) is 17.6 Å². The molecule has 3 N–H and O–H groups in total. The Bertz CT molecular complexity index is 751. The largest absolute Gasteiger partial charge is 0.478 e. The lowest BCUT2D eigenvalue weighted by molar-refractivity contribution is 0.0697. The Morgan fingerprint density at radius 1 is 0.923 bits per heavy atom. The van der Waals surface area contributed by atoms with Gasteiger partial charge in [-0.2, -0.15) is 0 Å². The summed E-state index contributed by atoms with van der Waals surface area (Å²) in [5.41, 5.74) is 2.04. The molecule has 5 nitrogen and oxygen atoms in total. The summed E-state index contributed by atoms with van der Waals surface area (Å²) in [6.45, 7) is 0.593. The average molecular weight is 352 g/mol. The van der Waals surface area contributed by atoms with Gasteiger partial charge in [-0.05, 0) is 42.7 Å². The van der Waals surface area contributed by atoms with Crippen LogP contribution in [0.3, 0.4) is 0 Å². The van der Waals surface area contributed by atoms with Crippen molar-refractivity contribution in [2.24, 2.45) is 0 Å². The van der Waals surface area contributed by atoms with Crippen LogP contribution in [0, 0.1) is 0 Å². The number of amides is 2. The number of anilines is 1. The fourth-order valence-electron chi connectivity index (χ4n) is 3.71. The van der Waals surface area contributed by atoms with Gasteiger partial charge in [0.1, 0.15) is 0 Å². The molecule has 1 aliphatic carbocycles. The highest BCUT2D eigenvalue weighted by atomic mass is 16.4. The van der Waals surface area contributed by atoms with E-state index in [9.17, 15) is 9.59 Å². The molecule has 0 heterocycles. The van der Waals surface area contributed by atoms with E-state index >= 15 is 0 Å². The molecule has 2 amide bonds. The summed E-state index contributed by atoms with van der Waals surface area (Å²) in [6.07, 6.45) is 5.75. The maximum Gasteiger partial charge on any atom is 0.335 e. The molecule has 0 radical (unpaired) electrons. The third kappa shape index (κ3) is 4.23. The second kappa shape index (κ2) is 8.04. The van der Waals surface area contributed by atoms with Gasteiger partial charge in [0.2, 0.25) is 0 Å². The van der Waals surface area contributed by atoms with Crippen molar-refractivity contribution in [3.8, 4) is 0 Å². The number of hydrogen-bond donors (Lipinski definition) is 3. The lowest BCUT2D eigenvalue weighted by atomic mass is 9.69. The Morgan fingerprint density at radius 2 is 1.58 bits per heavy atom. The summed E-state index contributed by atoms with van der Waals surface area (Å²) in [4.78, 5) is 23.2. The topological polar surface area (TPSA) is 78.4 Å². The van der Waals surface area contributed by atoms with Gasteiger partial charge >= 0.3 is 12.0 Å². The molecule has 0 bridgehead atoms. The number of carboxylic acids is 1. The van der Waals surface area contributed by atoms with E-state index in [0.29, 0.717) is 12.2 Å². The van der Waals surface area contributed by atoms with Gasteiger partial charge in [-0.1, -0.05) is 49.6 Å². The molecule has 3 rings (SSSR count). The van der Waals surface area contributed by atoms with Gasteiger partial charge in [-0.25, -0.2) is 9.59 Å². The van der Waals surface area contributed by atoms with Crippen molar-refractivity contribution in [3.63, 3.8) is 0 Å². The molecule has 136 valence electrons. The first-order chi connectivity index (χ1) is 12.6. The van der Waals surface area contributed by atoms with Crippen molar-refractivity contribution in [2.75, 3.05) is 11.9 Å². The van der Waals surface area contributed by atoms with Crippen molar-refractivity contribution in [1.82, 2.24) is 5.32 Å². The smallest absolute Gasteiger partial charge is 0.335 e. The van der Waals surface area contributed by atoms with E-state index in [1.54, 1.807) is 12.1 Å². The summed E-state index contributed by atoms with van der Waals surface area (Å²) in [7, 11) is 0. The minimum Gasteiger partial charge on any atom is -0.478 e. The normalized spacial score (nSPS) is 15.8. The molecule has 2 aromatic carbocycles. The van der Waals surface area contributed by atoms with E-state index < -0.39 is 5.97 Å². The van der Waals surface area contributed by atoms with Crippen LogP contribution in [-0.2, 0) is 5.41 Å². The fourth-order valence-corrected chi connectivity index (χ4v) is 3.71. The Labute approximate surface area is 153 Å². The molecule has 0 atom stereocenters. The zero-order valence-corrected chi connectivity index (χ0v) is 14.7. The number of carboxylic acid groups (broad SMARTS) is 1. The van der Waals surface area contributed by atoms with Gasteiger partial charge in [0.15, 0.2) is 0 Å². The lowest BCUT2D eigenvalue weighted by Crippen LogP contribution is -2.43. The number of benzene rings is 2. The molecular formula is C21H24N2O3. The molecule has 1 fully saturated rings. The molecule has 1 saturated carbocycles. The summed E-state index contributed by atoms with van der Waals surface area (Å²) < 4.78 is 0. The lowest BCUT2D eigenvalue weighted by Gasteiger charge is -2.38. The van der Waals surface area contributed by atoms with Crippen molar-refractivity contribution in [1.29, 1.82) is 0 Å². The number of aromatic carboxylic acids is 1. The van der Waals surface area contributed by atoms with Gasteiger partial charge in [-0.3, -0.25) is 0 Å². The standard InChI is InChI=1S/C21H24N2O3/c24-19(25)16-9-11-18(12-10-16)23-20(26)22-15-21(13-5-2-6-14-21)17-7-3-1-4-8-17/h1,3-4,7-12H,2,5-6,13-15H2,(H,24,25)(H2,22,23,26). The Balaban J connectivity index is 1.63. The Morgan fingerprint density at radius 3 is 2.19 bits per heavy atom. The second-order valence-corrected chi connectivity index (χ2v) is 6.90. The predicted molar refractivity (Wildman–Crippen MR) is 102 cm³/mol. The van der Waals surface area contributed by atoms with Crippen LogP contribution in [0.1, 0.15) is 48.0 Å². The van der Waals surface area contributed by atoms with Crippen molar-refractivity contribution in [2.45, 2.75) is 37.5 Å². The quantitative estimate of drug-likeness (QED) is 0.746. The van der Waals surface area contributed by atoms with Gasteiger partial charge in [-0.15, -0.1) is 0 Å². The maximum atomic E-state index is 12.3. The third-order valence-electron chi connectivity index (χ3n) is 5.17. The molecular weight excluding hydrogens is 328 g/mol. The number of urea groups is 1. The number of rotatable bonds is 5. The number of carbonyl (C=O) groups is 2. The zero-order valence-electron chi connectivity index (χ0n) is 14.7. The molecule has 0 unspecified atom stereocenters. The van der Waals surface area contributed by atoms with Crippen LogP contribution >= 0.6 is 0 Å². The van der Waals surface area contributed by atoms with Crippen LogP contribution in [0.5, 0.6) is 0 Å². The van der Waals surface area contributed by atoms with E-state index in [1.165, 1.54) is 37.0 Å². The minimum absolute atomic E-state index is 0.00991. The molecule has 1 aliphatic rings. The average Bonchev–Trinajstić information content (AvgIpc) is 2.68. The van der Waals surface area contributed by atoms with E-state index in [1.807, 2.05) is 6.07 Å². The first-order valence-electron chi connectivity index (χ1n) is 9.03. The predicted octanol–water partition coefficient (Wildman–Crippen LogP) is 4.41. The highest BCUT2D eigenvalue weighted by Crippen LogP contribution is 2.38. The van der Waals surface area contributed by atoms with Crippen molar-refractivity contribution < 1.29 is 14.7 Å². The highest BCUT2D eigenvalue weighted by Gasteiger charge is 2.34. The van der Waals surface area contributed by atoms with Gasteiger partial charge < -0.3 is 15.7 Å². The van der Waals surface area contributed by atoms with Crippen molar-refractivity contribution >= 4 is 17.7 Å². The minimum atomic E-state index is -0.983. The number of nitrogens with one attached hydrogen (secondary N) is 2. The maximum absolute atomic E-state index is 12.3. The molecule has 5 heteroatoms. The molecule has 0 saturated heterocycles. The van der Waals surface area contributed by atoms with Crippen LogP contribution in [-0.4, -0.2) is 23.7 Å². The molecule has 26 heavy (non-hydrogen) atoms. The summed E-state index contributed by atoms with van der Waals surface area (Å²) >= 11 is 0. The van der Waals surface area contributed by atoms with E-state index in [2.05, 4.69) is 34.9 Å². The monoisotopic (exact) mass is 352 g/mol.